The lowest BCUT2D eigenvalue weighted by molar-refractivity contribution is -0.140. The highest BCUT2D eigenvalue weighted by Gasteiger charge is 2.27. The molecule has 1 aromatic carbocycles. The van der Waals surface area contributed by atoms with E-state index in [4.69, 9.17) is 4.74 Å². The van der Waals surface area contributed by atoms with E-state index in [1.54, 1.807) is 0 Å². The van der Waals surface area contributed by atoms with Crippen molar-refractivity contribution in [2.24, 2.45) is 0 Å². The summed E-state index contributed by atoms with van der Waals surface area (Å²) >= 11 is 0. The third-order valence-electron chi connectivity index (χ3n) is 7.25. The molecule has 0 spiro atoms. The molecule has 0 aromatic heterocycles. The van der Waals surface area contributed by atoms with Crippen molar-refractivity contribution in [2.75, 3.05) is 13.8 Å². The Hall–Kier alpha value is -2.27. The average Bonchev–Trinajstić information content (AvgIpc) is 3.35. The molecule has 0 radical (unpaired) electrons. The van der Waals surface area contributed by atoms with Crippen LogP contribution in [0.1, 0.15) is 108 Å². The number of carbonyl (C=O) groups is 1. The first-order chi connectivity index (χ1) is 17.6. The molecular formula is C31H50N2O3. The molecule has 2 rings (SSSR count). The fourth-order valence-electron chi connectivity index (χ4n) is 4.96. The Morgan fingerprint density at radius 2 is 1.61 bits per heavy atom. The molecule has 0 amide bonds. The molecule has 1 aliphatic rings. The van der Waals surface area contributed by atoms with Gasteiger partial charge in [0.2, 0.25) is 0 Å². The van der Waals surface area contributed by atoms with Crippen LogP contribution < -0.4 is 0 Å². The number of hydrogen-bond acceptors (Lipinski definition) is 5. The molecule has 1 aliphatic heterocycles. The summed E-state index contributed by atoms with van der Waals surface area (Å²) in [7, 11) is 1.44. The molecule has 0 saturated heterocycles. The maximum absolute atomic E-state index is 11.2. The molecule has 1 aromatic rings. The van der Waals surface area contributed by atoms with E-state index >= 15 is 0 Å². The molecule has 1 N–H and O–H groups in total. The standard InChI is InChI=1S/C31H50N2O3/c1-4-6-7-8-10-13-16-29(30(34)17-14-11-9-12-15-18-31(35)36-3)33-24-23-32(26-33)25-28-21-19-27(5-2)20-22-28/h5,19-24,29-30,34H,2,4,6-18,25-26H2,1,3H3. The van der Waals surface area contributed by atoms with E-state index in [1.807, 2.05) is 6.08 Å². The molecule has 0 bridgehead atoms. The van der Waals surface area contributed by atoms with Crippen LogP contribution >= 0.6 is 0 Å². The molecular weight excluding hydrogens is 448 g/mol. The summed E-state index contributed by atoms with van der Waals surface area (Å²) in [5.41, 5.74) is 2.43. The lowest BCUT2D eigenvalue weighted by atomic mass is 9.96. The number of esters is 1. The molecule has 2 unspecified atom stereocenters. The highest BCUT2D eigenvalue weighted by Crippen LogP contribution is 2.24. The van der Waals surface area contributed by atoms with Gasteiger partial charge >= 0.3 is 5.97 Å². The fraction of sp³-hybridized carbons (Fsp3) is 0.645. The fourth-order valence-corrected chi connectivity index (χ4v) is 4.96. The Morgan fingerprint density at radius 1 is 0.972 bits per heavy atom. The van der Waals surface area contributed by atoms with Gasteiger partial charge in [-0.25, -0.2) is 0 Å². The maximum Gasteiger partial charge on any atom is 0.305 e. The highest BCUT2D eigenvalue weighted by molar-refractivity contribution is 5.68. The Morgan fingerprint density at radius 3 is 2.28 bits per heavy atom. The predicted octanol–water partition coefficient (Wildman–Crippen LogP) is 7.26. The summed E-state index contributed by atoms with van der Waals surface area (Å²) in [5, 5.41) is 11.2. The topological polar surface area (TPSA) is 53.0 Å². The van der Waals surface area contributed by atoms with Crippen molar-refractivity contribution >= 4 is 12.0 Å². The second-order valence-corrected chi connectivity index (χ2v) is 10.2. The number of hydrogen-bond donors (Lipinski definition) is 1. The second-order valence-electron chi connectivity index (χ2n) is 10.2. The molecule has 1 heterocycles. The van der Waals surface area contributed by atoms with E-state index in [0.717, 1.165) is 63.7 Å². The van der Waals surface area contributed by atoms with Gasteiger partial charge in [-0.1, -0.05) is 108 Å². The quantitative estimate of drug-likeness (QED) is 0.151. The Balaban J connectivity index is 1.80. The number of aliphatic hydroxyl groups excluding tert-OH is 1. The van der Waals surface area contributed by atoms with Crippen LogP contribution in [0.15, 0.2) is 43.2 Å². The summed E-state index contributed by atoms with van der Waals surface area (Å²) in [6, 6.07) is 8.73. The van der Waals surface area contributed by atoms with Gasteiger partial charge in [0.05, 0.1) is 25.9 Å². The van der Waals surface area contributed by atoms with Gasteiger partial charge in [0.15, 0.2) is 0 Å². The number of nitrogens with zero attached hydrogens (tertiary/aromatic N) is 2. The van der Waals surface area contributed by atoms with Crippen LogP contribution in [-0.4, -0.2) is 46.8 Å². The van der Waals surface area contributed by atoms with Crippen molar-refractivity contribution in [3.8, 4) is 0 Å². The van der Waals surface area contributed by atoms with Gasteiger partial charge in [-0.15, -0.1) is 0 Å². The summed E-state index contributed by atoms with van der Waals surface area (Å²) in [6.45, 7) is 7.79. The minimum atomic E-state index is -0.313. The zero-order chi connectivity index (χ0) is 26.0. The Labute approximate surface area is 220 Å². The van der Waals surface area contributed by atoms with Crippen LogP contribution in [0.5, 0.6) is 0 Å². The van der Waals surface area contributed by atoms with Crippen molar-refractivity contribution in [3.63, 3.8) is 0 Å². The number of unbranched alkanes of at least 4 members (excludes halogenated alkanes) is 9. The lowest BCUT2D eigenvalue weighted by Gasteiger charge is -2.33. The van der Waals surface area contributed by atoms with Crippen LogP contribution in [0.3, 0.4) is 0 Å². The monoisotopic (exact) mass is 498 g/mol. The first-order valence-corrected chi connectivity index (χ1v) is 14.2. The third kappa shape index (κ3) is 11.6. The number of ether oxygens (including phenoxy) is 1. The van der Waals surface area contributed by atoms with Gasteiger partial charge in [0, 0.05) is 25.4 Å². The Kier molecular flexibility index (Phi) is 15.0. The van der Waals surface area contributed by atoms with Crippen LogP contribution in [0, 0.1) is 0 Å². The predicted molar refractivity (Wildman–Crippen MR) is 150 cm³/mol. The molecule has 0 saturated carbocycles. The lowest BCUT2D eigenvalue weighted by Crippen LogP contribution is -2.42. The van der Waals surface area contributed by atoms with E-state index < -0.39 is 0 Å². The second kappa shape index (κ2) is 18.0. The SMILES string of the molecule is C=Cc1ccc(CN2C=CN(C(CCCCCCCC)C(O)CCCCCCCC(=O)OC)C2)cc1. The van der Waals surface area contributed by atoms with Gasteiger partial charge in [0.25, 0.3) is 0 Å². The molecule has 5 nitrogen and oxygen atoms in total. The number of methoxy groups -OCH3 is 1. The summed E-state index contributed by atoms with van der Waals surface area (Å²) in [5.74, 6) is -0.121. The van der Waals surface area contributed by atoms with E-state index in [0.29, 0.717) is 6.42 Å². The summed E-state index contributed by atoms with van der Waals surface area (Å²) in [6.07, 6.45) is 21.1. The zero-order valence-electron chi connectivity index (χ0n) is 22.9. The molecule has 0 fully saturated rings. The van der Waals surface area contributed by atoms with E-state index in [2.05, 4.69) is 60.0 Å². The third-order valence-corrected chi connectivity index (χ3v) is 7.25. The average molecular weight is 499 g/mol. The molecule has 5 heteroatoms. The van der Waals surface area contributed by atoms with E-state index in [1.165, 1.54) is 51.2 Å². The van der Waals surface area contributed by atoms with Crippen LogP contribution in [-0.2, 0) is 16.1 Å². The number of benzene rings is 1. The Bertz CT molecular complexity index is 762. The first-order valence-electron chi connectivity index (χ1n) is 14.2. The molecule has 36 heavy (non-hydrogen) atoms. The first kappa shape index (κ1) is 30.0. The van der Waals surface area contributed by atoms with E-state index in [-0.39, 0.29) is 18.1 Å². The van der Waals surface area contributed by atoms with Gasteiger partial charge in [-0.3, -0.25) is 4.79 Å². The highest BCUT2D eigenvalue weighted by atomic mass is 16.5. The van der Waals surface area contributed by atoms with Gasteiger partial charge < -0.3 is 19.6 Å². The number of carbonyl (C=O) groups excluding carboxylic acids is 1. The summed E-state index contributed by atoms with van der Waals surface area (Å²) in [4.78, 5) is 15.9. The van der Waals surface area contributed by atoms with Crippen LogP contribution in [0.25, 0.3) is 6.08 Å². The largest absolute Gasteiger partial charge is 0.469 e. The molecule has 202 valence electrons. The minimum absolute atomic E-state index is 0.121. The van der Waals surface area contributed by atoms with Gasteiger partial charge in [-0.2, -0.15) is 0 Å². The zero-order valence-corrected chi connectivity index (χ0v) is 22.9. The van der Waals surface area contributed by atoms with Crippen molar-refractivity contribution < 1.29 is 14.6 Å². The number of aliphatic hydroxyl groups is 1. The van der Waals surface area contributed by atoms with Gasteiger partial charge in [-0.05, 0) is 30.4 Å². The smallest absolute Gasteiger partial charge is 0.305 e. The number of rotatable bonds is 20. The van der Waals surface area contributed by atoms with Crippen molar-refractivity contribution in [1.82, 2.24) is 9.80 Å². The summed E-state index contributed by atoms with van der Waals surface area (Å²) < 4.78 is 4.70. The van der Waals surface area contributed by atoms with Gasteiger partial charge in [0.1, 0.15) is 0 Å². The van der Waals surface area contributed by atoms with Crippen molar-refractivity contribution in [2.45, 2.75) is 116 Å². The van der Waals surface area contributed by atoms with Crippen LogP contribution in [0.2, 0.25) is 0 Å². The van der Waals surface area contributed by atoms with Crippen LogP contribution in [0.4, 0.5) is 0 Å². The normalized spacial score (nSPS) is 14.8. The van der Waals surface area contributed by atoms with E-state index in [9.17, 15) is 9.90 Å². The molecule has 0 aliphatic carbocycles. The molecule has 2 atom stereocenters. The van der Waals surface area contributed by atoms with Crippen molar-refractivity contribution in [3.05, 3.63) is 54.4 Å². The maximum atomic E-state index is 11.2. The van der Waals surface area contributed by atoms with Crippen molar-refractivity contribution in [1.29, 1.82) is 0 Å². The minimum Gasteiger partial charge on any atom is -0.469 e.